The summed E-state index contributed by atoms with van der Waals surface area (Å²) in [5.74, 6) is 0.466. The van der Waals surface area contributed by atoms with Crippen LogP contribution in [0.15, 0.2) is 61.2 Å². The van der Waals surface area contributed by atoms with Gasteiger partial charge in [-0.25, -0.2) is 14.8 Å². The summed E-state index contributed by atoms with van der Waals surface area (Å²) >= 11 is 0. The third-order valence-corrected chi connectivity index (χ3v) is 4.70. The topological polar surface area (TPSA) is 194 Å². The standard InChI is InChI=1S/C12H14N4O2.C9H13NO.C3H3N3O2/c1-18-10-4-2-9(3-5-10)6-7-13-12(17)11-14-8-15-16-11;1-11-9-4-2-8(3-5-9)6-7-10;7-3(8)2-4-1-5-6-2/h2-5,8H,6-7H2,1H3,(H,13,17)(H,14,15,16);2-5H,6-7,10H2,1H3;1H,(H,7,8)(H,4,5,6). The van der Waals surface area contributed by atoms with Crippen LogP contribution in [0.3, 0.4) is 0 Å². The molecule has 2 heterocycles. The molecule has 13 heteroatoms. The molecule has 0 spiro atoms. The van der Waals surface area contributed by atoms with E-state index in [0.29, 0.717) is 13.1 Å². The number of hydrogen-bond acceptors (Lipinski definition) is 9. The molecule has 6 N–H and O–H groups in total. The van der Waals surface area contributed by atoms with Crippen LogP contribution < -0.4 is 20.5 Å². The largest absolute Gasteiger partial charge is 0.497 e. The zero-order valence-corrected chi connectivity index (χ0v) is 20.5. The zero-order chi connectivity index (χ0) is 26.9. The molecule has 0 unspecified atom stereocenters. The molecule has 0 atom stereocenters. The number of carboxylic acids is 1. The molecule has 0 aliphatic rings. The van der Waals surface area contributed by atoms with Crippen LogP contribution in [0.5, 0.6) is 11.5 Å². The Bertz CT molecular complexity index is 1170. The number of carboxylic acid groups (broad SMARTS) is 1. The van der Waals surface area contributed by atoms with Gasteiger partial charge in [0, 0.05) is 6.54 Å². The van der Waals surface area contributed by atoms with E-state index in [1.165, 1.54) is 11.9 Å². The SMILES string of the molecule is COc1ccc(CCN)cc1.COc1ccc(CCNC(=O)c2ncn[nH]2)cc1.O=C(O)c1ncn[nH]1. The van der Waals surface area contributed by atoms with E-state index in [-0.39, 0.29) is 17.6 Å². The number of aromatic nitrogens is 6. The summed E-state index contributed by atoms with van der Waals surface area (Å²) in [6, 6.07) is 15.7. The molecule has 0 saturated heterocycles. The van der Waals surface area contributed by atoms with E-state index >= 15 is 0 Å². The first-order valence-corrected chi connectivity index (χ1v) is 11.1. The molecule has 0 radical (unpaired) electrons. The predicted molar refractivity (Wildman–Crippen MR) is 135 cm³/mol. The lowest BCUT2D eigenvalue weighted by molar-refractivity contribution is 0.0683. The van der Waals surface area contributed by atoms with Crippen molar-refractivity contribution in [2.24, 2.45) is 5.73 Å². The van der Waals surface area contributed by atoms with Crippen LogP contribution in [-0.4, -0.2) is 74.7 Å². The Morgan fingerprint density at radius 3 is 1.70 bits per heavy atom. The van der Waals surface area contributed by atoms with Crippen molar-refractivity contribution in [2.75, 3.05) is 27.3 Å². The highest BCUT2D eigenvalue weighted by Crippen LogP contribution is 2.12. The number of rotatable bonds is 9. The van der Waals surface area contributed by atoms with Gasteiger partial charge in [0.1, 0.15) is 24.2 Å². The van der Waals surface area contributed by atoms with Gasteiger partial charge in [-0.05, 0) is 54.8 Å². The third kappa shape index (κ3) is 10.6. The molecule has 37 heavy (non-hydrogen) atoms. The first-order chi connectivity index (χ1) is 18.0. The Morgan fingerprint density at radius 1 is 0.838 bits per heavy atom. The number of methoxy groups -OCH3 is 2. The van der Waals surface area contributed by atoms with Crippen LogP contribution >= 0.6 is 0 Å². The lowest BCUT2D eigenvalue weighted by atomic mass is 10.1. The maximum atomic E-state index is 11.5. The minimum absolute atomic E-state index is 0.134. The molecule has 196 valence electrons. The Kier molecular flexibility index (Phi) is 12.3. The molecule has 4 rings (SSSR count). The normalized spacial score (nSPS) is 9.70. The van der Waals surface area contributed by atoms with Crippen molar-refractivity contribution in [2.45, 2.75) is 12.8 Å². The van der Waals surface area contributed by atoms with Crippen molar-refractivity contribution >= 4 is 11.9 Å². The average molecular weight is 511 g/mol. The molecule has 13 nitrogen and oxygen atoms in total. The number of carbonyl (C=O) groups excluding carboxylic acids is 1. The van der Waals surface area contributed by atoms with Crippen molar-refractivity contribution < 1.29 is 24.2 Å². The van der Waals surface area contributed by atoms with Gasteiger partial charge in [-0.3, -0.25) is 15.0 Å². The number of nitrogens with one attached hydrogen (secondary N) is 3. The molecule has 0 aliphatic heterocycles. The second-order valence-corrected chi connectivity index (χ2v) is 7.21. The van der Waals surface area contributed by atoms with E-state index < -0.39 is 5.97 Å². The summed E-state index contributed by atoms with van der Waals surface area (Å²) < 4.78 is 10.1. The summed E-state index contributed by atoms with van der Waals surface area (Å²) in [5.41, 5.74) is 7.79. The average Bonchev–Trinajstić information content (AvgIpc) is 3.66. The van der Waals surface area contributed by atoms with Crippen LogP contribution in [0.25, 0.3) is 0 Å². The van der Waals surface area contributed by atoms with Gasteiger partial charge in [0.15, 0.2) is 0 Å². The van der Waals surface area contributed by atoms with Gasteiger partial charge in [0.25, 0.3) is 5.91 Å². The van der Waals surface area contributed by atoms with E-state index in [2.05, 4.69) is 35.7 Å². The van der Waals surface area contributed by atoms with Crippen LogP contribution in [0, 0.1) is 0 Å². The van der Waals surface area contributed by atoms with Crippen LogP contribution in [-0.2, 0) is 12.8 Å². The van der Waals surface area contributed by atoms with Crippen molar-refractivity contribution in [3.05, 3.63) is 84.0 Å². The molecular formula is C24H30N8O5. The minimum atomic E-state index is -1.09. The first-order valence-electron chi connectivity index (χ1n) is 11.1. The van der Waals surface area contributed by atoms with E-state index in [4.69, 9.17) is 20.3 Å². The number of ether oxygens (including phenoxy) is 2. The van der Waals surface area contributed by atoms with Crippen LogP contribution in [0.2, 0.25) is 0 Å². The fourth-order valence-corrected chi connectivity index (χ4v) is 2.78. The summed E-state index contributed by atoms with van der Waals surface area (Å²) in [7, 11) is 3.30. The lowest BCUT2D eigenvalue weighted by Crippen LogP contribution is -2.26. The fraction of sp³-hybridized carbons (Fsp3) is 0.250. The number of hydrogen-bond donors (Lipinski definition) is 5. The number of amides is 1. The first kappa shape index (κ1) is 28.5. The van der Waals surface area contributed by atoms with Gasteiger partial charge >= 0.3 is 5.97 Å². The number of H-pyrrole nitrogens is 2. The summed E-state index contributed by atoms with van der Waals surface area (Å²) in [4.78, 5) is 28.6. The van der Waals surface area contributed by atoms with Gasteiger partial charge in [0.05, 0.1) is 14.2 Å². The molecular weight excluding hydrogens is 480 g/mol. The number of aromatic carboxylic acids is 1. The monoisotopic (exact) mass is 510 g/mol. The number of benzene rings is 2. The van der Waals surface area contributed by atoms with Crippen LogP contribution in [0.1, 0.15) is 32.4 Å². The van der Waals surface area contributed by atoms with Crippen molar-refractivity contribution in [1.29, 1.82) is 0 Å². The lowest BCUT2D eigenvalue weighted by Gasteiger charge is -2.04. The van der Waals surface area contributed by atoms with Crippen molar-refractivity contribution in [3.63, 3.8) is 0 Å². The van der Waals surface area contributed by atoms with Gasteiger partial charge in [-0.15, -0.1) is 0 Å². The van der Waals surface area contributed by atoms with Gasteiger partial charge in [-0.2, -0.15) is 10.2 Å². The summed E-state index contributed by atoms with van der Waals surface area (Å²) in [6.45, 7) is 1.25. The Hall–Kier alpha value is -4.78. The fourth-order valence-electron chi connectivity index (χ4n) is 2.78. The quantitative estimate of drug-likeness (QED) is 0.220. The Balaban J connectivity index is 0.000000215. The molecule has 0 aliphatic carbocycles. The van der Waals surface area contributed by atoms with E-state index in [1.807, 2.05) is 48.5 Å². The van der Waals surface area contributed by atoms with E-state index in [0.717, 1.165) is 36.2 Å². The molecule has 0 fully saturated rings. The number of aromatic amines is 2. The highest BCUT2D eigenvalue weighted by Gasteiger charge is 2.07. The second kappa shape index (κ2) is 16.0. The Morgan fingerprint density at radius 2 is 1.32 bits per heavy atom. The molecule has 2 aromatic carbocycles. The molecule has 0 saturated carbocycles. The van der Waals surface area contributed by atoms with Gasteiger partial charge in [0.2, 0.25) is 11.6 Å². The molecule has 0 bridgehead atoms. The van der Waals surface area contributed by atoms with Gasteiger partial charge in [-0.1, -0.05) is 24.3 Å². The third-order valence-electron chi connectivity index (χ3n) is 4.70. The second-order valence-electron chi connectivity index (χ2n) is 7.21. The number of nitrogens with two attached hydrogens (primary N) is 1. The maximum Gasteiger partial charge on any atom is 0.373 e. The summed E-state index contributed by atoms with van der Waals surface area (Å²) in [5, 5.41) is 22.5. The van der Waals surface area contributed by atoms with Gasteiger partial charge < -0.3 is 25.6 Å². The highest BCUT2D eigenvalue weighted by atomic mass is 16.5. The molecule has 4 aromatic rings. The van der Waals surface area contributed by atoms with E-state index in [9.17, 15) is 9.59 Å². The van der Waals surface area contributed by atoms with Crippen molar-refractivity contribution in [3.8, 4) is 11.5 Å². The van der Waals surface area contributed by atoms with Crippen LogP contribution in [0.4, 0.5) is 0 Å². The zero-order valence-electron chi connectivity index (χ0n) is 20.5. The molecule has 1 amide bonds. The predicted octanol–water partition coefficient (Wildman–Crippen LogP) is 1.49. The maximum absolute atomic E-state index is 11.5. The van der Waals surface area contributed by atoms with E-state index in [1.54, 1.807) is 14.2 Å². The van der Waals surface area contributed by atoms with Crippen molar-refractivity contribution in [1.82, 2.24) is 35.7 Å². The minimum Gasteiger partial charge on any atom is -0.497 e. The number of nitrogens with zero attached hydrogens (tertiary/aromatic N) is 4. The highest BCUT2D eigenvalue weighted by molar-refractivity contribution is 5.90. The number of carbonyl (C=O) groups is 2. The molecule has 2 aromatic heterocycles. The Labute approximate surface area is 213 Å². The smallest absolute Gasteiger partial charge is 0.373 e. The summed E-state index contributed by atoms with van der Waals surface area (Å²) in [6.07, 6.45) is 4.13.